The molecule has 1 nitrogen and oxygen atoms in total. The van der Waals surface area contributed by atoms with E-state index in [9.17, 15) is 13.2 Å². The fourth-order valence-electron chi connectivity index (χ4n) is 0.918. The highest BCUT2D eigenvalue weighted by molar-refractivity contribution is 7.10. The normalized spacial score (nSPS) is 12.0. The minimum atomic E-state index is -4.23. The van der Waals surface area contributed by atoms with Crippen molar-refractivity contribution < 1.29 is 13.2 Å². The first-order valence-electron chi connectivity index (χ1n) is 3.39. The van der Waals surface area contributed by atoms with E-state index in [2.05, 4.69) is 0 Å². The molecule has 1 aromatic heterocycles. The first-order valence-corrected chi connectivity index (χ1v) is 4.27. The van der Waals surface area contributed by atoms with Crippen molar-refractivity contribution in [1.29, 1.82) is 0 Å². The lowest BCUT2D eigenvalue weighted by Crippen LogP contribution is -2.09. The molecule has 0 aliphatic heterocycles. The monoisotopic (exact) mass is 195 g/mol. The zero-order valence-corrected chi connectivity index (χ0v) is 7.00. The molecule has 0 saturated carbocycles. The van der Waals surface area contributed by atoms with Gasteiger partial charge in [0.25, 0.3) is 0 Å². The summed E-state index contributed by atoms with van der Waals surface area (Å²) in [5.41, 5.74) is 4.63. The summed E-state index contributed by atoms with van der Waals surface area (Å²) in [5.74, 6) is 0. The fourth-order valence-corrected chi connectivity index (χ4v) is 1.83. The fraction of sp³-hybridized carbons (Fsp3) is 0.429. The summed E-state index contributed by atoms with van der Waals surface area (Å²) in [6.45, 7) is 0.254. The second-order valence-electron chi connectivity index (χ2n) is 2.29. The topological polar surface area (TPSA) is 26.0 Å². The average Bonchev–Trinajstić information content (AvgIpc) is 2.34. The van der Waals surface area contributed by atoms with Crippen molar-refractivity contribution in [3.8, 4) is 0 Å². The van der Waals surface area contributed by atoms with Crippen molar-refractivity contribution in [3.63, 3.8) is 0 Å². The lowest BCUT2D eigenvalue weighted by molar-refractivity contribution is -0.137. The highest BCUT2D eigenvalue weighted by atomic mass is 32.1. The van der Waals surface area contributed by atoms with E-state index in [1.54, 1.807) is 0 Å². The van der Waals surface area contributed by atoms with Gasteiger partial charge in [-0.2, -0.15) is 13.2 Å². The first kappa shape index (κ1) is 9.54. The molecule has 0 radical (unpaired) electrons. The van der Waals surface area contributed by atoms with Crippen LogP contribution in [0.2, 0.25) is 0 Å². The van der Waals surface area contributed by atoms with Crippen LogP contribution in [0.25, 0.3) is 0 Å². The van der Waals surface area contributed by atoms with Crippen LogP contribution in [0.5, 0.6) is 0 Å². The molecule has 0 atom stereocenters. The average molecular weight is 195 g/mol. The number of hydrogen-bond acceptors (Lipinski definition) is 2. The molecule has 1 rings (SSSR count). The van der Waals surface area contributed by atoms with Gasteiger partial charge in [0.2, 0.25) is 0 Å². The van der Waals surface area contributed by atoms with Gasteiger partial charge in [0.1, 0.15) is 0 Å². The van der Waals surface area contributed by atoms with Crippen molar-refractivity contribution in [2.75, 3.05) is 6.54 Å². The lowest BCUT2D eigenvalue weighted by Gasteiger charge is -2.06. The van der Waals surface area contributed by atoms with Crippen LogP contribution in [-0.4, -0.2) is 6.54 Å². The Balaban J connectivity index is 2.91. The summed E-state index contributed by atoms with van der Waals surface area (Å²) < 4.78 is 36.5. The summed E-state index contributed by atoms with van der Waals surface area (Å²) in [5, 5.41) is 1.44. The smallest absolute Gasteiger partial charge is 0.330 e. The maximum atomic E-state index is 12.2. The number of halogens is 3. The molecular weight excluding hydrogens is 187 g/mol. The maximum Gasteiger partial charge on any atom is 0.417 e. The van der Waals surface area contributed by atoms with Gasteiger partial charge in [-0.1, -0.05) is 0 Å². The van der Waals surface area contributed by atoms with Gasteiger partial charge in [0.05, 0.1) is 5.56 Å². The number of alkyl halides is 3. The molecule has 5 heteroatoms. The van der Waals surface area contributed by atoms with E-state index in [-0.39, 0.29) is 6.54 Å². The van der Waals surface area contributed by atoms with Gasteiger partial charge in [0.15, 0.2) is 0 Å². The first-order chi connectivity index (χ1) is 5.55. The molecule has 1 aromatic rings. The molecule has 2 N–H and O–H groups in total. The van der Waals surface area contributed by atoms with Gasteiger partial charge in [0, 0.05) is 4.88 Å². The Morgan fingerprint density at radius 3 is 2.58 bits per heavy atom. The number of nitrogens with two attached hydrogens (primary N) is 1. The Hall–Kier alpha value is -0.550. The molecule has 0 amide bonds. The Morgan fingerprint density at radius 2 is 2.08 bits per heavy atom. The SMILES string of the molecule is NCCc1sccc1C(F)(F)F. The quantitative estimate of drug-likeness (QED) is 0.769. The van der Waals surface area contributed by atoms with Crippen LogP contribution in [0.15, 0.2) is 11.4 Å². The van der Waals surface area contributed by atoms with Crippen molar-refractivity contribution in [3.05, 3.63) is 21.9 Å². The third-order valence-corrected chi connectivity index (χ3v) is 2.40. The predicted molar refractivity (Wildman–Crippen MR) is 42.1 cm³/mol. The van der Waals surface area contributed by atoms with Gasteiger partial charge in [-0.25, -0.2) is 0 Å². The summed E-state index contributed by atoms with van der Waals surface area (Å²) >= 11 is 1.10. The number of rotatable bonds is 2. The summed E-state index contributed by atoms with van der Waals surface area (Å²) in [4.78, 5) is 0.324. The van der Waals surface area contributed by atoms with Crippen LogP contribution in [-0.2, 0) is 12.6 Å². The van der Waals surface area contributed by atoms with Crippen LogP contribution in [0.1, 0.15) is 10.4 Å². The third-order valence-electron chi connectivity index (χ3n) is 1.42. The highest BCUT2D eigenvalue weighted by Crippen LogP contribution is 2.34. The van der Waals surface area contributed by atoms with Crippen LogP contribution < -0.4 is 5.73 Å². The molecule has 0 spiro atoms. The van der Waals surface area contributed by atoms with Crippen LogP contribution in [0.4, 0.5) is 13.2 Å². The molecule has 0 fully saturated rings. The van der Waals surface area contributed by atoms with Gasteiger partial charge in [-0.3, -0.25) is 0 Å². The number of hydrogen-bond donors (Lipinski definition) is 1. The Labute approximate surface area is 72.0 Å². The van der Waals surface area contributed by atoms with Gasteiger partial charge >= 0.3 is 6.18 Å². The minimum absolute atomic E-state index is 0.254. The van der Waals surface area contributed by atoms with Crippen molar-refractivity contribution >= 4 is 11.3 Å². The van der Waals surface area contributed by atoms with E-state index in [1.807, 2.05) is 0 Å². The van der Waals surface area contributed by atoms with Crippen LogP contribution >= 0.6 is 11.3 Å². The largest absolute Gasteiger partial charge is 0.417 e. The van der Waals surface area contributed by atoms with Gasteiger partial charge < -0.3 is 5.73 Å². The molecule has 1 heterocycles. The minimum Gasteiger partial charge on any atom is -0.330 e. The molecule has 0 aromatic carbocycles. The zero-order valence-electron chi connectivity index (χ0n) is 6.19. The third kappa shape index (κ3) is 1.98. The van der Waals surface area contributed by atoms with Gasteiger partial charge in [-0.15, -0.1) is 11.3 Å². The molecule has 0 unspecified atom stereocenters. The van der Waals surface area contributed by atoms with E-state index < -0.39 is 11.7 Å². The van der Waals surface area contributed by atoms with Crippen molar-refractivity contribution in [2.45, 2.75) is 12.6 Å². The number of thiophene rings is 1. The second kappa shape index (κ2) is 3.45. The zero-order chi connectivity index (χ0) is 9.19. The van der Waals surface area contributed by atoms with E-state index in [0.29, 0.717) is 11.3 Å². The molecule has 0 bridgehead atoms. The Morgan fingerprint density at radius 1 is 1.42 bits per heavy atom. The molecule has 68 valence electrons. The van der Waals surface area contributed by atoms with Crippen molar-refractivity contribution in [1.82, 2.24) is 0 Å². The molecule has 0 aliphatic rings. The molecule has 12 heavy (non-hydrogen) atoms. The summed E-state index contributed by atoms with van der Waals surface area (Å²) in [6, 6.07) is 1.09. The molecule has 0 aliphatic carbocycles. The van der Waals surface area contributed by atoms with E-state index >= 15 is 0 Å². The second-order valence-corrected chi connectivity index (χ2v) is 3.29. The molecule has 0 saturated heterocycles. The van der Waals surface area contributed by atoms with E-state index in [0.717, 1.165) is 17.4 Å². The van der Waals surface area contributed by atoms with Crippen LogP contribution in [0, 0.1) is 0 Å². The van der Waals surface area contributed by atoms with Crippen molar-refractivity contribution in [2.24, 2.45) is 5.73 Å². The summed E-state index contributed by atoms with van der Waals surface area (Å²) in [7, 11) is 0. The maximum absolute atomic E-state index is 12.2. The van der Waals surface area contributed by atoms with Crippen LogP contribution in [0.3, 0.4) is 0 Å². The highest BCUT2D eigenvalue weighted by Gasteiger charge is 2.33. The lowest BCUT2D eigenvalue weighted by atomic mass is 10.2. The molecular formula is C7H8F3NS. The Bertz CT molecular complexity index is 253. The van der Waals surface area contributed by atoms with E-state index in [4.69, 9.17) is 5.73 Å². The van der Waals surface area contributed by atoms with E-state index in [1.165, 1.54) is 5.38 Å². The summed E-state index contributed by atoms with van der Waals surface area (Å²) in [6.07, 6.45) is -3.93. The standard InChI is InChI=1S/C7H8F3NS/c8-7(9,10)5-2-4-12-6(5)1-3-11/h2,4H,1,3,11H2. The Kier molecular flexibility index (Phi) is 2.74. The van der Waals surface area contributed by atoms with Gasteiger partial charge in [-0.05, 0) is 24.4 Å². The predicted octanol–water partition coefficient (Wildman–Crippen LogP) is 2.27.